The fourth-order valence-electron chi connectivity index (χ4n) is 2.17. The smallest absolute Gasteiger partial charge is 0.235 e. The molecule has 0 radical (unpaired) electrons. The molecule has 4 aromatic rings. The van der Waals surface area contributed by atoms with Crippen molar-refractivity contribution in [3.63, 3.8) is 0 Å². The van der Waals surface area contributed by atoms with Gasteiger partial charge in [-0.2, -0.15) is 9.61 Å². The number of aromatic nitrogens is 4. The summed E-state index contributed by atoms with van der Waals surface area (Å²) >= 11 is 4.79. The van der Waals surface area contributed by atoms with Crippen LogP contribution in [0.5, 0.6) is 5.75 Å². The van der Waals surface area contributed by atoms with Gasteiger partial charge in [-0.1, -0.05) is 27.3 Å². The third kappa shape index (κ3) is 3.02. The summed E-state index contributed by atoms with van der Waals surface area (Å²) in [7, 11) is 0. The maximum absolute atomic E-state index is 13.1. The molecule has 0 amide bonds. The molecule has 120 valence electrons. The van der Waals surface area contributed by atoms with E-state index in [0.717, 1.165) is 20.8 Å². The van der Waals surface area contributed by atoms with Gasteiger partial charge >= 0.3 is 0 Å². The second-order valence-electron chi connectivity index (χ2n) is 4.96. The van der Waals surface area contributed by atoms with Gasteiger partial charge in [0.25, 0.3) is 0 Å². The number of nitrogens with zero attached hydrogens (tertiary/aromatic N) is 4. The minimum atomic E-state index is -0.290. The Morgan fingerprint density at radius 1 is 1.04 bits per heavy atom. The highest BCUT2D eigenvalue weighted by Crippen LogP contribution is 2.23. The highest BCUT2D eigenvalue weighted by Gasteiger charge is 2.13. The Morgan fingerprint density at radius 3 is 2.54 bits per heavy atom. The first-order valence-corrected chi connectivity index (χ1v) is 8.65. The van der Waals surface area contributed by atoms with E-state index in [9.17, 15) is 4.39 Å². The Morgan fingerprint density at radius 2 is 1.79 bits per heavy atom. The van der Waals surface area contributed by atoms with Crippen LogP contribution in [0.1, 0.15) is 5.01 Å². The molecule has 2 heterocycles. The van der Waals surface area contributed by atoms with E-state index < -0.39 is 0 Å². The molecule has 0 N–H and O–H groups in total. The van der Waals surface area contributed by atoms with Crippen molar-refractivity contribution in [2.45, 2.75) is 6.61 Å². The fourth-order valence-corrected chi connectivity index (χ4v) is 3.18. The molecule has 0 aliphatic heterocycles. The van der Waals surface area contributed by atoms with Crippen LogP contribution in [0.3, 0.4) is 0 Å². The average molecular weight is 405 g/mol. The zero-order chi connectivity index (χ0) is 16.5. The van der Waals surface area contributed by atoms with E-state index in [1.807, 2.05) is 24.3 Å². The number of ether oxygens (including phenoxy) is 1. The number of benzene rings is 2. The maximum atomic E-state index is 13.1. The standard InChI is InChI=1S/C16H10BrFN4OS/c17-11-3-7-13(8-4-11)23-9-14-21-22-15(19-20-16(22)24-14)10-1-5-12(18)6-2-10/h1-8H,9H2. The first-order chi connectivity index (χ1) is 11.7. The summed E-state index contributed by atoms with van der Waals surface area (Å²) in [6.07, 6.45) is 0. The Bertz CT molecular complexity index is 982. The molecule has 2 aromatic carbocycles. The zero-order valence-electron chi connectivity index (χ0n) is 12.2. The monoisotopic (exact) mass is 404 g/mol. The summed E-state index contributed by atoms with van der Waals surface area (Å²) < 4.78 is 21.4. The van der Waals surface area contributed by atoms with Crippen LogP contribution in [-0.4, -0.2) is 19.8 Å². The van der Waals surface area contributed by atoms with E-state index in [1.54, 1.807) is 16.6 Å². The lowest BCUT2D eigenvalue weighted by Gasteiger charge is -2.03. The van der Waals surface area contributed by atoms with Gasteiger partial charge in [0.15, 0.2) is 10.8 Å². The van der Waals surface area contributed by atoms with Crippen LogP contribution < -0.4 is 4.74 Å². The second kappa shape index (κ2) is 6.29. The van der Waals surface area contributed by atoms with Gasteiger partial charge in [0, 0.05) is 10.0 Å². The maximum Gasteiger partial charge on any atom is 0.235 e. The van der Waals surface area contributed by atoms with Gasteiger partial charge in [0.1, 0.15) is 18.2 Å². The van der Waals surface area contributed by atoms with Crippen LogP contribution in [0.25, 0.3) is 16.3 Å². The lowest BCUT2D eigenvalue weighted by atomic mass is 10.2. The molecule has 0 saturated heterocycles. The van der Waals surface area contributed by atoms with Crippen LogP contribution in [0.2, 0.25) is 0 Å². The Balaban J connectivity index is 1.57. The van der Waals surface area contributed by atoms with Gasteiger partial charge in [-0.15, -0.1) is 10.2 Å². The SMILES string of the molecule is Fc1ccc(-c2nnc3sc(COc4ccc(Br)cc4)nn23)cc1. The van der Waals surface area contributed by atoms with Crippen molar-refractivity contribution < 1.29 is 9.13 Å². The van der Waals surface area contributed by atoms with Crippen molar-refractivity contribution in [1.29, 1.82) is 0 Å². The van der Waals surface area contributed by atoms with Gasteiger partial charge in [-0.3, -0.25) is 0 Å². The van der Waals surface area contributed by atoms with E-state index in [-0.39, 0.29) is 5.82 Å². The minimum Gasteiger partial charge on any atom is -0.486 e. The molecule has 0 bridgehead atoms. The topological polar surface area (TPSA) is 52.3 Å². The third-order valence-corrected chi connectivity index (χ3v) is 4.71. The normalized spacial score (nSPS) is 11.1. The number of hydrogen-bond acceptors (Lipinski definition) is 5. The van der Waals surface area contributed by atoms with Crippen LogP contribution >= 0.6 is 27.3 Å². The van der Waals surface area contributed by atoms with E-state index in [1.165, 1.54) is 23.5 Å². The number of rotatable bonds is 4. The van der Waals surface area contributed by atoms with E-state index in [4.69, 9.17) is 4.74 Å². The highest BCUT2D eigenvalue weighted by atomic mass is 79.9. The quantitative estimate of drug-likeness (QED) is 0.507. The molecule has 2 aromatic heterocycles. The largest absolute Gasteiger partial charge is 0.486 e. The summed E-state index contributed by atoms with van der Waals surface area (Å²) in [5.74, 6) is 1.06. The average Bonchev–Trinajstić information content (AvgIpc) is 3.15. The van der Waals surface area contributed by atoms with Crippen LogP contribution in [0, 0.1) is 5.82 Å². The highest BCUT2D eigenvalue weighted by molar-refractivity contribution is 9.10. The molecule has 8 heteroatoms. The van der Waals surface area contributed by atoms with Crippen molar-refractivity contribution in [1.82, 2.24) is 19.8 Å². The van der Waals surface area contributed by atoms with Gasteiger partial charge in [-0.25, -0.2) is 4.39 Å². The second-order valence-corrected chi connectivity index (χ2v) is 6.92. The molecule has 0 aliphatic carbocycles. The summed E-state index contributed by atoms with van der Waals surface area (Å²) in [5, 5.41) is 13.5. The summed E-state index contributed by atoms with van der Waals surface area (Å²) in [5.41, 5.74) is 0.759. The zero-order valence-corrected chi connectivity index (χ0v) is 14.6. The third-order valence-electron chi connectivity index (χ3n) is 3.31. The van der Waals surface area contributed by atoms with Crippen LogP contribution in [0.15, 0.2) is 53.0 Å². The van der Waals surface area contributed by atoms with Gasteiger partial charge in [0.2, 0.25) is 4.96 Å². The van der Waals surface area contributed by atoms with Crippen molar-refractivity contribution in [3.8, 4) is 17.1 Å². The van der Waals surface area contributed by atoms with E-state index >= 15 is 0 Å². The molecule has 0 aliphatic rings. The van der Waals surface area contributed by atoms with E-state index in [0.29, 0.717) is 17.4 Å². The Hall–Kier alpha value is -2.32. The number of hydrogen-bond donors (Lipinski definition) is 0. The molecule has 0 fully saturated rings. The summed E-state index contributed by atoms with van der Waals surface area (Å²) in [6.45, 7) is 0.346. The Labute approximate surface area is 148 Å². The molecule has 0 saturated carbocycles. The molecule has 0 spiro atoms. The first kappa shape index (κ1) is 15.2. The molecule has 0 unspecified atom stereocenters. The van der Waals surface area contributed by atoms with Gasteiger partial charge in [-0.05, 0) is 48.5 Å². The molecule has 4 rings (SSSR count). The first-order valence-electron chi connectivity index (χ1n) is 7.04. The predicted molar refractivity (Wildman–Crippen MR) is 92.5 cm³/mol. The molecular formula is C16H10BrFN4OS. The van der Waals surface area contributed by atoms with Crippen LogP contribution in [-0.2, 0) is 6.61 Å². The van der Waals surface area contributed by atoms with Crippen molar-refractivity contribution in [2.24, 2.45) is 0 Å². The molecule has 5 nitrogen and oxygen atoms in total. The molecular weight excluding hydrogens is 395 g/mol. The van der Waals surface area contributed by atoms with Crippen molar-refractivity contribution in [2.75, 3.05) is 0 Å². The molecule has 24 heavy (non-hydrogen) atoms. The number of fused-ring (bicyclic) bond motifs is 1. The van der Waals surface area contributed by atoms with Crippen LogP contribution in [0.4, 0.5) is 4.39 Å². The predicted octanol–water partition coefficient (Wildman–Crippen LogP) is 4.33. The minimum absolute atomic E-state index is 0.290. The summed E-state index contributed by atoms with van der Waals surface area (Å²) in [4.78, 5) is 0.670. The summed E-state index contributed by atoms with van der Waals surface area (Å²) in [6, 6.07) is 13.7. The van der Waals surface area contributed by atoms with Crippen molar-refractivity contribution >= 4 is 32.2 Å². The number of halogens is 2. The lowest BCUT2D eigenvalue weighted by molar-refractivity contribution is 0.304. The van der Waals surface area contributed by atoms with E-state index in [2.05, 4.69) is 31.2 Å². The van der Waals surface area contributed by atoms with Crippen molar-refractivity contribution in [3.05, 3.63) is 63.8 Å². The Kier molecular flexibility index (Phi) is 3.99. The molecule has 0 atom stereocenters. The lowest BCUT2D eigenvalue weighted by Crippen LogP contribution is -1.97. The van der Waals surface area contributed by atoms with Gasteiger partial charge < -0.3 is 4.74 Å². The van der Waals surface area contributed by atoms with Gasteiger partial charge in [0.05, 0.1) is 0 Å². The fraction of sp³-hybridized carbons (Fsp3) is 0.0625.